The lowest BCUT2D eigenvalue weighted by Gasteiger charge is -2.16. The van der Waals surface area contributed by atoms with Crippen molar-refractivity contribution >= 4 is 22.8 Å². The van der Waals surface area contributed by atoms with Crippen molar-refractivity contribution in [2.24, 2.45) is 0 Å². The molecule has 0 spiro atoms. The minimum Gasteiger partial charge on any atom is -0.484 e. The molecule has 0 radical (unpaired) electrons. The van der Waals surface area contributed by atoms with E-state index in [1.807, 2.05) is 0 Å². The summed E-state index contributed by atoms with van der Waals surface area (Å²) < 4.78 is 10.4. The molecule has 0 bridgehead atoms. The summed E-state index contributed by atoms with van der Waals surface area (Å²) in [4.78, 5) is 35.5. The standard InChI is InChI=1S/C15H16N2O5/c1-16-13(18)8-17(2)14(19)9-21-11-5-3-10-4-6-15(20)22-12(10)7-11/h3-7H,8-9H2,1-2H3,(H,16,18). The Kier molecular flexibility index (Phi) is 4.77. The highest BCUT2D eigenvalue weighted by Gasteiger charge is 2.12. The van der Waals surface area contributed by atoms with Gasteiger partial charge >= 0.3 is 5.63 Å². The molecule has 22 heavy (non-hydrogen) atoms. The molecule has 0 fully saturated rings. The van der Waals surface area contributed by atoms with Gasteiger partial charge in [-0.3, -0.25) is 9.59 Å². The van der Waals surface area contributed by atoms with E-state index < -0.39 is 5.63 Å². The molecule has 7 heteroatoms. The average molecular weight is 304 g/mol. The SMILES string of the molecule is CNC(=O)CN(C)C(=O)COc1ccc2ccc(=O)oc2c1. The summed E-state index contributed by atoms with van der Waals surface area (Å²) in [7, 11) is 3.01. The molecular weight excluding hydrogens is 288 g/mol. The Labute approximate surface area is 126 Å². The van der Waals surface area contributed by atoms with E-state index in [1.54, 1.807) is 24.3 Å². The summed E-state index contributed by atoms with van der Waals surface area (Å²) in [5.41, 5.74) is -0.0674. The number of benzene rings is 1. The van der Waals surface area contributed by atoms with Gasteiger partial charge in [-0.15, -0.1) is 0 Å². The summed E-state index contributed by atoms with van der Waals surface area (Å²) in [6.07, 6.45) is 0. The van der Waals surface area contributed by atoms with E-state index in [0.717, 1.165) is 5.39 Å². The third-order valence-electron chi connectivity index (χ3n) is 3.04. The zero-order valence-electron chi connectivity index (χ0n) is 12.3. The smallest absolute Gasteiger partial charge is 0.336 e. The highest BCUT2D eigenvalue weighted by Crippen LogP contribution is 2.19. The Morgan fingerprint density at radius 2 is 2.00 bits per heavy atom. The molecule has 2 rings (SSSR count). The lowest BCUT2D eigenvalue weighted by molar-refractivity contribution is -0.136. The Bertz CT molecular complexity index is 753. The average Bonchev–Trinajstić information content (AvgIpc) is 2.51. The van der Waals surface area contributed by atoms with Crippen molar-refractivity contribution in [1.29, 1.82) is 0 Å². The zero-order valence-corrected chi connectivity index (χ0v) is 12.3. The number of hydrogen-bond donors (Lipinski definition) is 1. The molecule has 0 aliphatic rings. The van der Waals surface area contributed by atoms with E-state index in [1.165, 1.54) is 25.1 Å². The van der Waals surface area contributed by atoms with Crippen LogP contribution in [-0.2, 0) is 9.59 Å². The number of ether oxygens (including phenoxy) is 1. The van der Waals surface area contributed by atoms with Gasteiger partial charge in [0.2, 0.25) is 5.91 Å². The van der Waals surface area contributed by atoms with Gasteiger partial charge in [0.25, 0.3) is 5.91 Å². The maximum Gasteiger partial charge on any atom is 0.336 e. The molecule has 2 aromatic rings. The minimum atomic E-state index is -0.453. The number of rotatable bonds is 5. The van der Waals surface area contributed by atoms with Crippen LogP contribution >= 0.6 is 0 Å². The number of hydrogen-bond acceptors (Lipinski definition) is 5. The fourth-order valence-corrected chi connectivity index (χ4v) is 1.77. The second-order valence-electron chi connectivity index (χ2n) is 4.67. The Balaban J connectivity index is 2.00. The van der Waals surface area contributed by atoms with E-state index in [9.17, 15) is 14.4 Å². The van der Waals surface area contributed by atoms with Crippen LogP contribution in [-0.4, -0.2) is 44.0 Å². The lowest BCUT2D eigenvalue weighted by atomic mass is 10.2. The first kappa shape index (κ1) is 15.6. The Morgan fingerprint density at radius 1 is 1.27 bits per heavy atom. The largest absolute Gasteiger partial charge is 0.484 e. The van der Waals surface area contributed by atoms with Crippen molar-refractivity contribution in [3.8, 4) is 5.75 Å². The van der Waals surface area contributed by atoms with Crippen molar-refractivity contribution in [3.05, 3.63) is 40.8 Å². The monoisotopic (exact) mass is 304 g/mol. The van der Waals surface area contributed by atoms with E-state index in [0.29, 0.717) is 11.3 Å². The number of fused-ring (bicyclic) bond motifs is 1. The highest BCUT2D eigenvalue weighted by molar-refractivity contribution is 5.85. The summed E-state index contributed by atoms with van der Waals surface area (Å²) >= 11 is 0. The van der Waals surface area contributed by atoms with E-state index in [4.69, 9.17) is 9.15 Å². The molecule has 1 heterocycles. The number of amides is 2. The molecule has 0 unspecified atom stereocenters. The van der Waals surface area contributed by atoms with Crippen molar-refractivity contribution in [2.45, 2.75) is 0 Å². The molecule has 0 aliphatic carbocycles. The van der Waals surface area contributed by atoms with Gasteiger partial charge in [0.1, 0.15) is 11.3 Å². The molecule has 1 N–H and O–H groups in total. The summed E-state index contributed by atoms with van der Waals surface area (Å²) in [5.74, 6) is -0.190. The van der Waals surface area contributed by atoms with Gasteiger partial charge in [-0.1, -0.05) is 0 Å². The number of likely N-dealkylation sites (N-methyl/N-ethyl adjacent to an activating group) is 2. The molecular formula is C15H16N2O5. The van der Waals surface area contributed by atoms with Crippen LogP contribution in [0.4, 0.5) is 0 Å². The van der Waals surface area contributed by atoms with Gasteiger partial charge in [0.15, 0.2) is 6.61 Å². The summed E-state index contributed by atoms with van der Waals surface area (Å²) in [6, 6.07) is 7.93. The van der Waals surface area contributed by atoms with Gasteiger partial charge in [0.05, 0.1) is 6.54 Å². The fraction of sp³-hybridized carbons (Fsp3) is 0.267. The maximum atomic E-state index is 11.8. The quantitative estimate of drug-likeness (QED) is 0.807. The summed E-state index contributed by atoms with van der Waals surface area (Å²) in [6.45, 7) is -0.249. The van der Waals surface area contributed by atoms with Crippen LogP contribution in [0.2, 0.25) is 0 Å². The van der Waals surface area contributed by atoms with Crippen LogP contribution in [0.5, 0.6) is 5.75 Å². The van der Waals surface area contributed by atoms with Crippen LogP contribution in [0.15, 0.2) is 39.5 Å². The Hall–Kier alpha value is -2.83. The number of nitrogens with one attached hydrogen (secondary N) is 1. The first-order valence-corrected chi connectivity index (χ1v) is 6.61. The molecule has 1 aromatic carbocycles. The summed E-state index contributed by atoms with van der Waals surface area (Å²) in [5, 5.41) is 3.19. The molecule has 2 amide bonds. The van der Waals surface area contributed by atoms with E-state index in [2.05, 4.69) is 5.32 Å². The van der Waals surface area contributed by atoms with Crippen molar-refractivity contribution in [3.63, 3.8) is 0 Å². The maximum absolute atomic E-state index is 11.8. The van der Waals surface area contributed by atoms with Gasteiger partial charge in [-0.2, -0.15) is 0 Å². The van der Waals surface area contributed by atoms with Crippen molar-refractivity contribution in [2.75, 3.05) is 27.2 Å². The Morgan fingerprint density at radius 3 is 2.73 bits per heavy atom. The van der Waals surface area contributed by atoms with Crippen LogP contribution < -0.4 is 15.7 Å². The lowest BCUT2D eigenvalue weighted by Crippen LogP contribution is -2.39. The molecule has 0 saturated heterocycles. The van der Waals surface area contributed by atoms with Gasteiger partial charge in [-0.05, 0) is 18.2 Å². The van der Waals surface area contributed by atoms with Crippen LogP contribution in [0.3, 0.4) is 0 Å². The third-order valence-corrected chi connectivity index (χ3v) is 3.04. The van der Waals surface area contributed by atoms with Gasteiger partial charge in [-0.25, -0.2) is 4.79 Å². The van der Waals surface area contributed by atoms with E-state index in [-0.39, 0.29) is 25.0 Å². The number of nitrogens with zero attached hydrogens (tertiary/aromatic N) is 1. The predicted octanol–water partition coefficient (Wildman–Crippen LogP) is 0.376. The zero-order chi connectivity index (χ0) is 16.1. The number of carbonyl (C=O) groups is 2. The van der Waals surface area contributed by atoms with Crippen LogP contribution in [0.1, 0.15) is 0 Å². The number of carbonyl (C=O) groups excluding carboxylic acids is 2. The van der Waals surface area contributed by atoms with Gasteiger partial charge < -0.3 is 19.4 Å². The highest BCUT2D eigenvalue weighted by atomic mass is 16.5. The first-order chi connectivity index (χ1) is 10.5. The molecule has 0 atom stereocenters. The molecule has 0 saturated carbocycles. The second-order valence-corrected chi connectivity index (χ2v) is 4.67. The van der Waals surface area contributed by atoms with Crippen molar-refractivity contribution < 1.29 is 18.7 Å². The fourth-order valence-electron chi connectivity index (χ4n) is 1.77. The second kappa shape index (κ2) is 6.75. The topological polar surface area (TPSA) is 88.9 Å². The third kappa shape index (κ3) is 3.85. The van der Waals surface area contributed by atoms with Gasteiger partial charge in [0, 0.05) is 31.6 Å². The predicted molar refractivity (Wildman–Crippen MR) is 79.7 cm³/mol. The minimum absolute atomic E-state index is 0.0364. The molecule has 0 aliphatic heterocycles. The van der Waals surface area contributed by atoms with Crippen LogP contribution in [0, 0.1) is 0 Å². The molecule has 7 nitrogen and oxygen atoms in total. The molecule has 116 valence electrons. The first-order valence-electron chi connectivity index (χ1n) is 6.61. The van der Waals surface area contributed by atoms with Crippen molar-refractivity contribution in [1.82, 2.24) is 10.2 Å². The van der Waals surface area contributed by atoms with E-state index >= 15 is 0 Å². The molecule has 1 aromatic heterocycles. The normalized spacial score (nSPS) is 10.3. The van der Waals surface area contributed by atoms with Crippen LogP contribution in [0.25, 0.3) is 11.0 Å².